The summed E-state index contributed by atoms with van der Waals surface area (Å²) in [7, 11) is 1.64. The number of benzene rings is 1. The summed E-state index contributed by atoms with van der Waals surface area (Å²) in [6.45, 7) is 4.56. The Kier molecular flexibility index (Phi) is 6.10. The molecule has 0 amide bonds. The Morgan fingerprint density at radius 1 is 1.28 bits per heavy atom. The standard InChI is InChI=1S/C15H21NO2/c1-4-13(5-2)18-15-9-8-14(17-3)11-12(15)7-6-10-16/h8-9,11,13H,4-5,10,16H2,1-3H3. The Morgan fingerprint density at radius 2 is 2.00 bits per heavy atom. The Bertz CT molecular complexity index is 428. The minimum absolute atomic E-state index is 0.219. The van der Waals surface area contributed by atoms with Gasteiger partial charge in [-0.25, -0.2) is 0 Å². The fourth-order valence-electron chi connectivity index (χ4n) is 1.62. The number of methoxy groups -OCH3 is 1. The highest BCUT2D eigenvalue weighted by molar-refractivity contribution is 5.50. The minimum Gasteiger partial charge on any atom is -0.497 e. The normalized spacial score (nSPS) is 9.83. The lowest BCUT2D eigenvalue weighted by molar-refractivity contribution is 0.192. The molecule has 18 heavy (non-hydrogen) atoms. The number of nitrogens with two attached hydrogens (primary N) is 1. The van der Waals surface area contributed by atoms with Crippen LogP contribution in [0.4, 0.5) is 0 Å². The van der Waals surface area contributed by atoms with E-state index in [0.717, 1.165) is 29.9 Å². The second kappa shape index (κ2) is 7.62. The molecular weight excluding hydrogens is 226 g/mol. The van der Waals surface area contributed by atoms with Crippen LogP contribution in [-0.2, 0) is 0 Å². The topological polar surface area (TPSA) is 44.5 Å². The predicted octanol–water partition coefficient (Wildman–Crippen LogP) is 2.57. The molecule has 0 radical (unpaired) electrons. The maximum absolute atomic E-state index is 5.94. The Balaban J connectivity index is 3.01. The molecule has 3 heteroatoms. The summed E-state index contributed by atoms with van der Waals surface area (Å²) in [6.07, 6.45) is 2.18. The van der Waals surface area contributed by atoms with Crippen molar-refractivity contribution in [3.05, 3.63) is 23.8 Å². The fraction of sp³-hybridized carbons (Fsp3) is 0.467. The first kappa shape index (κ1) is 14.4. The average molecular weight is 247 g/mol. The number of rotatable bonds is 5. The molecule has 0 fully saturated rings. The molecule has 0 aliphatic rings. The fourth-order valence-corrected chi connectivity index (χ4v) is 1.62. The third-order valence-electron chi connectivity index (χ3n) is 2.72. The molecule has 0 saturated carbocycles. The molecule has 0 saturated heterocycles. The third kappa shape index (κ3) is 3.97. The van der Waals surface area contributed by atoms with Crippen molar-refractivity contribution < 1.29 is 9.47 Å². The predicted molar refractivity (Wildman–Crippen MR) is 73.9 cm³/mol. The van der Waals surface area contributed by atoms with Crippen LogP contribution < -0.4 is 15.2 Å². The lowest BCUT2D eigenvalue weighted by Gasteiger charge is -2.17. The van der Waals surface area contributed by atoms with E-state index >= 15 is 0 Å². The Hall–Kier alpha value is -1.66. The molecular formula is C15H21NO2. The van der Waals surface area contributed by atoms with Gasteiger partial charge in [-0.1, -0.05) is 25.7 Å². The first-order chi connectivity index (χ1) is 8.74. The van der Waals surface area contributed by atoms with Crippen molar-refractivity contribution in [1.82, 2.24) is 0 Å². The smallest absolute Gasteiger partial charge is 0.135 e. The third-order valence-corrected chi connectivity index (χ3v) is 2.72. The van der Waals surface area contributed by atoms with E-state index in [1.54, 1.807) is 7.11 Å². The van der Waals surface area contributed by atoms with Gasteiger partial charge in [0.1, 0.15) is 11.5 Å². The van der Waals surface area contributed by atoms with Crippen molar-refractivity contribution in [3.63, 3.8) is 0 Å². The maximum Gasteiger partial charge on any atom is 0.135 e. The SMILES string of the molecule is CCC(CC)Oc1ccc(OC)cc1C#CCN. The van der Waals surface area contributed by atoms with Crippen molar-refractivity contribution in [1.29, 1.82) is 0 Å². The van der Waals surface area contributed by atoms with Crippen molar-refractivity contribution >= 4 is 0 Å². The van der Waals surface area contributed by atoms with Gasteiger partial charge in [-0.15, -0.1) is 0 Å². The van der Waals surface area contributed by atoms with Gasteiger partial charge >= 0.3 is 0 Å². The van der Waals surface area contributed by atoms with Gasteiger partial charge in [0.05, 0.1) is 25.3 Å². The van der Waals surface area contributed by atoms with Crippen LogP contribution in [0.2, 0.25) is 0 Å². The molecule has 0 aliphatic carbocycles. The monoisotopic (exact) mass is 247 g/mol. The van der Waals surface area contributed by atoms with Crippen LogP contribution in [0.1, 0.15) is 32.3 Å². The number of ether oxygens (including phenoxy) is 2. The Morgan fingerprint density at radius 3 is 2.56 bits per heavy atom. The average Bonchev–Trinajstić information content (AvgIpc) is 2.43. The lowest BCUT2D eigenvalue weighted by Crippen LogP contribution is -2.14. The molecule has 0 spiro atoms. The van der Waals surface area contributed by atoms with E-state index in [1.807, 2.05) is 18.2 Å². The number of hydrogen-bond donors (Lipinski definition) is 1. The van der Waals surface area contributed by atoms with Crippen molar-refractivity contribution in [2.45, 2.75) is 32.8 Å². The van der Waals surface area contributed by atoms with Crippen LogP contribution in [-0.4, -0.2) is 19.8 Å². The summed E-state index contributed by atoms with van der Waals surface area (Å²) in [4.78, 5) is 0. The first-order valence-corrected chi connectivity index (χ1v) is 6.28. The van der Waals surface area contributed by atoms with Crippen LogP contribution >= 0.6 is 0 Å². The molecule has 98 valence electrons. The molecule has 1 aromatic rings. The van der Waals surface area contributed by atoms with E-state index in [1.165, 1.54) is 0 Å². The van der Waals surface area contributed by atoms with Gasteiger partial charge < -0.3 is 15.2 Å². The van der Waals surface area contributed by atoms with Gasteiger partial charge in [0, 0.05) is 0 Å². The number of hydrogen-bond acceptors (Lipinski definition) is 3. The maximum atomic E-state index is 5.94. The van der Waals surface area contributed by atoms with E-state index in [9.17, 15) is 0 Å². The zero-order chi connectivity index (χ0) is 13.4. The molecule has 0 unspecified atom stereocenters. The van der Waals surface area contributed by atoms with Gasteiger partial charge in [0.15, 0.2) is 0 Å². The van der Waals surface area contributed by atoms with Crippen molar-refractivity contribution in [2.24, 2.45) is 5.73 Å². The van der Waals surface area contributed by atoms with Gasteiger partial charge in [-0.05, 0) is 31.0 Å². The zero-order valence-electron chi connectivity index (χ0n) is 11.3. The summed E-state index contributed by atoms with van der Waals surface area (Å²) >= 11 is 0. The molecule has 1 aromatic carbocycles. The van der Waals surface area contributed by atoms with Gasteiger partial charge in [-0.3, -0.25) is 0 Å². The second-order valence-corrected chi connectivity index (χ2v) is 3.92. The summed E-state index contributed by atoms with van der Waals surface area (Å²) in [6, 6.07) is 5.66. The molecule has 3 nitrogen and oxygen atoms in total. The quantitative estimate of drug-likeness (QED) is 0.813. The highest BCUT2D eigenvalue weighted by atomic mass is 16.5. The van der Waals surface area contributed by atoms with E-state index < -0.39 is 0 Å². The minimum atomic E-state index is 0.219. The van der Waals surface area contributed by atoms with E-state index in [4.69, 9.17) is 15.2 Å². The summed E-state index contributed by atoms with van der Waals surface area (Å²) in [5.74, 6) is 7.44. The molecule has 0 heterocycles. The van der Waals surface area contributed by atoms with E-state index in [-0.39, 0.29) is 6.10 Å². The van der Waals surface area contributed by atoms with E-state index in [2.05, 4.69) is 25.7 Å². The summed E-state index contributed by atoms with van der Waals surface area (Å²) < 4.78 is 11.1. The molecule has 0 aliphatic heterocycles. The lowest BCUT2D eigenvalue weighted by atomic mass is 10.1. The molecule has 1 rings (SSSR count). The van der Waals surface area contributed by atoms with Gasteiger partial charge in [-0.2, -0.15) is 0 Å². The molecule has 0 atom stereocenters. The molecule has 2 N–H and O–H groups in total. The first-order valence-electron chi connectivity index (χ1n) is 6.28. The summed E-state index contributed by atoms with van der Waals surface area (Å²) in [5.41, 5.74) is 6.23. The Labute approximate surface area is 109 Å². The van der Waals surface area contributed by atoms with Crippen LogP contribution in [0.5, 0.6) is 11.5 Å². The molecule has 0 aromatic heterocycles. The van der Waals surface area contributed by atoms with Gasteiger partial charge in [0.25, 0.3) is 0 Å². The summed E-state index contributed by atoms with van der Waals surface area (Å²) in [5, 5.41) is 0. The van der Waals surface area contributed by atoms with Crippen LogP contribution in [0, 0.1) is 11.8 Å². The van der Waals surface area contributed by atoms with E-state index in [0.29, 0.717) is 6.54 Å². The van der Waals surface area contributed by atoms with Gasteiger partial charge in [0.2, 0.25) is 0 Å². The zero-order valence-corrected chi connectivity index (χ0v) is 11.3. The van der Waals surface area contributed by atoms with Crippen molar-refractivity contribution in [2.75, 3.05) is 13.7 Å². The van der Waals surface area contributed by atoms with Crippen LogP contribution in [0.15, 0.2) is 18.2 Å². The van der Waals surface area contributed by atoms with Crippen LogP contribution in [0.3, 0.4) is 0 Å². The molecule has 0 bridgehead atoms. The van der Waals surface area contributed by atoms with Crippen LogP contribution in [0.25, 0.3) is 0 Å². The highest BCUT2D eigenvalue weighted by Crippen LogP contribution is 2.25. The largest absolute Gasteiger partial charge is 0.497 e. The second-order valence-electron chi connectivity index (χ2n) is 3.92. The highest BCUT2D eigenvalue weighted by Gasteiger charge is 2.09. The van der Waals surface area contributed by atoms with Crippen molar-refractivity contribution in [3.8, 4) is 23.3 Å².